The van der Waals surface area contributed by atoms with Crippen molar-refractivity contribution < 1.29 is 18.3 Å². The highest BCUT2D eigenvalue weighted by molar-refractivity contribution is 5.85. The zero-order valence-electron chi connectivity index (χ0n) is 10.7. The van der Waals surface area contributed by atoms with Crippen molar-refractivity contribution in [3.05, 3.63) is 29.8 Å². The van der Waals surface area contributed by atoms with Crippen molar-refractivity contribution in [1.29, 1.82) is 0 Å². The molecule has 0 unspecified atom stereocenters. The molecule has 0 bridgehead atoms. The van der Waals surface area contributed by atoms with E-state index >= 15 is 0 Å². The van der Waals surface area contributed by atoms with Crippen LogP contribution in [0.15, 0.2) is 18.2 Å². The predicted molar refractivity (Wildman–Crippen MR) is 70.4 cm³/mol. The van der Waals surface area contributed by atoms with E-state index in [9.17, 15) is 13.6 Å². The molecular formula is C12H17ClF2N2O2. The molecule has 1 aromatic rings. The van der Waals surface area contributed by atoms with Crippen molar-refractivity contribution in [1.82, 2.24) is 5.32 Å². The monoisotopic (exact) mass is 294 g/mol. The Hall–Kier alpha value is -1.40. The minimum atomic E-state index is -0.846. The van der Waals surface area contributed by atoms with Gasteiger partial charge in [-0.3, -0.25) is 4.79 Å². The van der Waals surface area contributed by atoms with Crippen LogP contribution >= 0.6 is 12.4 Å². The quantitative estimate of drug-likeness (QED) is 0.867. The lowest BCUT2D eigenvalue weighted by atomic mass is 10.1. The van der Waals surface area contributed by atoms with Crippen molar-refractivity contribution in [3.8, 4) is 5.75 Å². The molecule has 1 amide bonds. The van der Waals surface area contributed by atoms with Crippen LogP contribution in [0.3, 0.4) is 0 Å². The lowest BCUT2D eigenvalue weighted by Gasteiger charge is -2.24. The Bertz CT molecular complexity index is 442. The summed E-state index contributed by atoms with van der Waals surface area (Å²) in [5.41, 5.74) is 4.89. The number of amides is 1. The van der Waals surface area contributed by atoms with E-state index in [2.05, 4.69) is 5.32 Å². The number of halogens is 3. The van der Waals surface area contributed by atoms with Crippen molar-refractivity contribution in [3.63, 3.8) is 0 Å². The fourth-order valence-corrected chi connectivity index (χ4v) is 1.20. The Morgan fingerprint density at radius 3 is 2.58 bits per heavy atom. The molecule has 0 aliphatic heterocycles. The maximum Gasteiger partial charge on any atom is 0.258 e. The molecule has 0 aliphatic carbocycles. The summed E-state index contributed by atoms with van der Waals surface area (Å²) in [5.74, 6) is -2.14. The minimum absolute atomic E-state index is 0. The first-order valence-corrected chi connectivity index (χ1v) is 5.43. The summed E-state index contributed by atoms with van der Waals surface area (Å²) in [7, 11) is 0. The van der Waals surface area contributed by atoms with Crippen LogP contribution in [0.4, 0.5) is 8.78 Å². The van der Waals surface area contributed by atoms with E-state index in [1.54, 1.807) is 13.8 Å². The third kappa shape index (κ3) is 5.85. The smallest absolute Gasteiger partial charge is 0.258 e. The van der Waals surface area contributed by atoms with E-state index in [1.807, 2.05) is 0 Å². The van der Waals surface area contributed by atoms with Crippen LogP contribution in [0.1, 0.15) is 13.8 Å². The third-order valence-electron chi connectivity index (χ3n) is 2.24. The average Bonchev–Trinajstić information content (AvgIpc) is 2.27. The number of hydrogen-bond donors (Lipinski definition) is 2. The highest BCUT2D eigenvalue weighted by Gasteiger charge is 2.18. The molecular weight excluding hydrogens is 278 g/mol. The second kappa shape index (κ2) is 7.25. The molecule has 1 aromatic carbocycles. The summed E-state index contributed by atoms with van der Waals surface area (Å²) in [6.45, 7) is 3.42. The van der Waals surface area contributed by atoms with Crippen LogP contribution < -0.4 is 15.8 Å². The van der Waals surface area contributed by atoms with Crippen LogP contribution in [0.5, 0.6) is 5.75 Å². The highest BCUT2D eigenvalue weighted by atomic mass is 35.5. The molecule has 4 nitrogen and oxygen atoms in total. The van der Waals surface area contributed by atoms with Gasteiger partial charge in [-0.1, -0.05) is 0 Å². The molecule has 3 N–H and O–H groups in total. The number of ether oxygens (including phenoxy) is 1. The predicted octanol–water partition coefficient (Wildman–Crippen LogP) is 1.62. The van der Waals surface area contributed by atoms with E-state index in [1.165, 1.54) is 0 Å². The Labute approximate surface area is 116 Å². The summed E-state index contributed by atoms with van der Waals surface area (Å²) in [4.78, 5) is 11.5. The second-order valence-corrected chi connectivity index (χ2v) is 4.50. The van der Waals surface area contributed by atoms with E-state index in [-0.39, 0.29) is 31.3 Å². The third-order valence-corrected chi connectivity index (χ3v) is 2.24. The van der Waals surface area contributed by atoms with Crippen molar-refractivity contribution >= 4 is 18.3 Å². The minimum Gasteiger partial charge on any atom is -0.481 e. The maximum atomic E-state index is 13.2. The number of rotatable bonds is 5. The van der Waals surface area contributed by atoms with Crippen LogP contribution in [0.25, 0.3) is 0 Å². The van der Waals surface area contributed by atoms with E-state index in [0.29, 0.717) is 6.07 Å². The van der Waals surface area contributed by atoms with Crippen molar-refractivity contribution in [2.75, 3.05) is 13.2 Å². The van der Waals surface area contributed by atoms with Gasteiger partial charge in [0.25, 0.3) is 5.91 Å². The molecule has 7 heteroatoms. The SMILES string of the molecule is CC(C)(CN)NC(=O)COc1ccc(F)cc1F.Cl. The Kier molecular flexibility index (Phi) is 6.72. The standard InChI is InChI=1S/C12H16F2N2O2.ClH/c1-12(2,7-15)16-11(17)6-18-10-4-3-8(13)5-9(10)14;/h3-5H,6-7,15H2,1-2H3,(H,16,17);1H. The first-order valence-electron chi connectivity index (χ1n) is 5.43. The van der Waals surface area contributed by atoms with Crippen LogP contribution in [0, 0.1) is 11.6 Å². The van der Waals surface area contributed by atoms with Gasteiger partial charge in [0.1, 0.15) is 5.82 Å². The molecule has 19 heavy (non-hydrogen) atoms. The normalized spacial score (nSPS) is 10.6. The molecule has 0 heterocycles. The van der Waals surface area contributed by atoms with Crippen molar-refractivity contribution in [2.24, 2.45) is 5.73 Å². The van der Waals surface area contributed by atoms with E-state index in [4.69, 9.17) is 10.5 Å². The molecule has 1 rings (SSSR count). The van der Waals surface area contributed by atoms with Crippen LogP contribution in [-0.2, 0) is 4.79 Å². The number of carbonyl (C=O) groups is 1. The average molecular weight is 295 g/mol. The van der Waals surface area contributed by atoms with Crippen molar-refractivity contribution in [2.45, 2.75) is 19.4 Å². The van der Waals surface area contributed by atoms with Gasteiger partial charge < -0.3 is 15.8 Å². The topological polar surface area (TPSA) is 64.3 Å². The summed E-state index contributed by atoms with van der Waals surface area (Å²) < 4.78 is 30.8. The Balaban J connectivity index is 0.00000324. The van der Waals surface area contributed by atoms with Gasteiger partial charge in [0.15, 0.2) is 18.2 Å². The molecule has 0 fully saturated rings. The lowest BCUT2D eigenvalue weighted by Crippen LogP contribution is -2.50. The van der Waals surface area contributed by atoms with Gasteiger partial charge in [0.05, 0.1) is 0 Å². The molecule has 0 spiro atoms. The Morgan fingerprint density at radius 2 is 2.05 bits per heavy atom. The van der Waals surface area contributed by atoms with Gasteiger partial charge in [-0.15, -0.1) is 12.4 Å². The van der Waals surface area contributed by atoms with Gasteiger partial charge in [0, 0.05) is 18.2 Å². The van der Waals surface area contributed by atoms with Crippen LogP contribution in [-0.4, -0.2) is 24.6 Å². The molecule has 0 aliphatic rings. The lowest BCUT2D eigenvalue weighted by molar-refractivity contribution is -0.124. The molecule has 0 atom stereocenters. The summed E-state index contributed by atoms with van der Waals surface area (Å²) in [5, 5.41) is 2.62. The summed E-state index contributed by atoms with van der Waals surface area (Å²) in [6.07, 6.45) is 0. The molecule has 0 saturated heterocycles. The zero-order chi connectivity index (χ0) is 13.8. The van der Waals surface area contributed by atoms with Crippen LogP contribution in [0.2, 0.25) is 0 Å². The first-order chi connectivity index (χ1) is 8.34. The number of benzene rings is 1. The summed E-state index contributed by atoms with van der Waals surface area (Å²) >= 11 is 0. The fraction of sp³-hybridized carbons (Fsp3) is 0.417. The number of nitrogens with one attached hydrogen (secondary N) is 1. The molecule has 0 saturated carbocycles. The van der Waals surface area contributed by atoms with Gasteiger partial charge in [-0.05, 0) is 26.0 Å². The highest BCUT2D eigenvalue weighted by Crippen LogP contribution is 2.17. The molecule has 0 radical (unpaired) electrons. The zero-order valence-corrected chi connectivity index (χ0v) is 11.5. The fourth-order valence-electron chi connectivity index (χ4n) is 1.20. The maximum absolute atomic E-state index is 13.2. The number of carbonyl (C=O) groups excluding carboxylic acids is 1. The second-order valence-electron chi connectivity index (χ2n) is 4.50. The number of nitrogens with two attached hydrogens (primary N) is 1. The van der Waals surface area contributed by atoms with Gasteiger partial charge >= 0.3 is 0 Å². The van der Waals surface area contributed by atoms with Gasteiger partial charge in [0.2, 0.25) is 0 Å². The first kappa shape index (κ1) is 17.6. The largest absolute Gasteiger partial charge is 0.481 e. The van der Waals surface area contributed by atoms with E-state index < -0.39 is 23.1 Å². The van der Waals surface area contributed by atoms with Gasteiger partial charge in [-0.2, -0.15) is 0 Å². The Morgan fingerprint density at radius 1 is 1.42 bits per heavy atom. The number of hydrogen-bond acceptors (Lipinski definition) is 3. The van der Waals surface area contributed by atoms with E-state index in [0.717, 1.165) is 12.1 Å². The van der Waals surface area contributed by atoms with Gasteiger partial charge in [-0.25, -0.2) is 8.78 Å². The summed E-state index contributed by atoms with van der Waals surface area (Å²) in [6, 6.07) is 2.88. The molecule has 0 aromatic heterocycles. The molecule has 108 valence electrons.